The fourth-order valence-corrected chi connectivity index (χ4v) is 3.23. The maximum absolute atomic E-state index is 10.4. The van der Waals surface area contributed by atoms with Crippen molar-refractivity contribution in [3.05, 3.63) is 69.7 Å². The Balaban J connectivity index is 1.74. The first-order chi connectivity index (χ1) is 9.13. The van der Waals surface area contributed by atoms with E-state index in [-0.39, 0.29) is 0 Å². The third-order valence-electron chi connectivity index (χ3n) is 3.92. The Bertz CT molecular complexity index is 586. The van der Waals surface area contributed by atoms with Crippen molar-refractivity contribution < 1.29 is 5.11 Å². The molecule has 2 aromatic rings. The van der Waals surface area contributed by atoms with E-state index in [0.29, 0.717) is 10.9 Å². The minimum Gasteiger partial charge on any atom is -0.388 e. The molecule has 0 spiro atoms. The van der Waals surface area contributed by atoms with Crippen molar-refractivity contribution in [3.63, 3.8) is 0 Å². The minimum atomic E-state index is -0.434. The molecule has 0 aromatic heterocycles. The molecule has 1 N–H and O–H groups in total. The van der Waals surface area contributed by atoms with Gasteiger partial charge in [-0.1, -0.05) is 41.9 Å². The summed E-state index contributed by atoms with van der Waals surface area (Å²) in [6.45, 7) is 2.00. The molecule has 0 amide bonds. The minimum absolute atomic E-state index is 0.434. The summed E-state index contributed by atoms with van der Waals surface area (Å²) in [7, 11) is 0. The first-order valence-corrected chi connectivity index (χ1v) is 7.04. The lowest BCUT2D eigenvalue weighted by molar-refractivity contribution is 0.153. The van der Waals surface area contributed by atoms with Crippen LogP contribution < -0.4 is 0 Å². The van der Waals surface area contributed by atoms with Crippen molar-refractivity contribution in [3.8, 4) is 0 Å². The van der Waals surface area contributed by atoms with Gasteiger partial charge in [0, 0.05) is 5.02 Å². The van der Waals surface area contributed by atoms with Gasteiger partial charge in [-0.25, -0.2) is 0 Å². The second-order valence-corrected chi connectivity index (χ2v) is 5.85. The molecule has 0 bridgehead atoms. The number of aliphatic hydroxyl groups is 1. The molecule has 2 unspecified atom stereocenters. The second kappa shape index (κ2) is 4.99. The highest BCUT2D eigenvalue weighted by atomic mass is 35.5. The zero-order chi connectivity index (χ0) is 13.4. The van der Waals surface area contributed by atoms with E-state index in [1.165, 1.54) is 11.1 Å². The summed E-state index contributed by atoms with van der Waals surface area (Å²) in [5.74, 6) is 0.477. The normalized spacial score (nSPS) is 18.6. The van der Waals surface area contributed by atoms with E-state index in [4.69, 9.17) is 11.6 Å². The molecule has 2 atom stereocenters. The molecular weight excluding hydrogens is 256 g/mol. The summed E-state index contributed by atoms with van der Waals surface area (Å²) in [5.41, 5.74) is 4.83. The van der Waals surface area contributed by atoms with Gasteiger partial charge in [0.1, 0.15) is 0 Å². The van der Waals surface area contributed by atoms with Gasteiger partial charge >= 0.3 is 0 Å². The Kier molecular flexibility index (Phi) is 3.34. The van der Waals surface area contributed by atoms with Crippen molar-refractivity contribution in [2.24, 2.45) is 0 Å². The van der Waals surface area contributed by atoms with Crippen LogP contribution in [0.15, 0.2) is 42.5 Å². The molecule has 0 radical (unpaired) electrons. The highest BCUT2D eigenvalue weighted by Crippen LogP contribution is 2.40. The predicted molar refractivity (Wildman–Crippen MR) is 78.7 cm³/mol. The number of rotatable bonds is 3. The molecular formula is C17H17ClO. The summed E-state index contributed by atoms with van der Waals surface area (Å²) < 4.78 is 0. The van der Waals surface area contributed by atoms with Crippen LogP contribution in [0.3, 0.4) is 0 Å². The summed E-state index contributed by atoms with van der Waals surface area (Å²) in [4.78, 5) is 0. The zero-order valence-corrected chi connectivity index (χ0v) is 11.7. The third kappa shape index (κ3) is 2.54. The third-order valence-corrected chi connectivity index (χ3v) is 4.14. The van der Waals surface area contributed by atoms with E-state index in [9.17, 15) is 5.11 Å². The van der Waals surface area contributed by atoms with E-state index in [2.05, 4.69) is 24.3 Å². The fourth-order valence-electron chi connectivity index (χ4n) is 2.94. The SMILES string of the molecule is Cc1cc(Cl)cc(C(O)CC2Cc3ccccc32)c1. The number of aliphatic hydroxyl groups excluding tert-OH is 1. The van der Waals surface area contributed by atoms with Gasteiger partial charge in [0.25, 0.3) is 0 Å². The molecule has 3 rings (SSSR count). The van der Waals surface area contributed by atoms with Crippen LogP contribution in [0.25, 0.3) is 0 Å². The summed E-state index contributed by atoms with van der Waals surface area (Å²) in [6.07, 6.45) is 1.42. The Morgan fingerprint density at radius 2 is 2.05 bits per heavy atom. The Morgan fingerprint density at radius 1 is 1.26 bits per heavy atom. The van der Waals surface area contributed by atoms with Gasteiger partial charge in [-0.05, 0) is 60.1 Å². The first-order valence-electron chi connectivity index (χ1n) is 6.66. The monoisotopic (exact) mass is 272 g/mol. The molecule has 19 heavy (non-hydrogen) atoms. The molecule has 0 saturated heterocycles. The van der Waals surface area contributed by atoms with Gasteiger partial charge in [0.2, 0.25) is 0 Å². The number of halogens is 1. The number of fused-ring (bicyclic) bond motifs is 1. The average molecular weight is 273 g/mol. The molecule has 0 fully saturated rings. The van der Waals surface area contributed by atoms with Crippen molar-refractivity contribution >= 4 is 11.6 Å². The summed E-state index contributed by atoms with van der Waals surface area (Å²) in [6, 6.07) is 14.3. The molecule has 98 valence electrons. The van der Waals surface area contributed by atoms with Crippen LogP contribution in [-0.2, 0) is 6.42 Å². The van der Waals surface area contributed by atoms with E-state index < -0.39 is 6.10 Å². The lowest BCUT2D eigenvalue weighted by Gasteiger charge is -2.31. The zero-order valence-electron chi connectivity index (χ0n) is 10.9. The Hall–Kier alpha value is -1.31. The Morgan fingerprint density at radius 3 is 2.79 bits per heavy atom. The van der Waals surface area contributed by atoms with Crippen LogP contribution >= 0.6 is 11.6 Å². The highest BCUT2D eigenvalue weighted by Gasteiger charge is 2.27. The van der Waals surface area contributed by atoms with Crippen molar-refractivity contribution in [1.82, 2.24) is 0 Å². The maximum atomic E-state index is 10.4. The highest BCUT2D eigenvalue weighted by molar-refractivity contribution is 6.30. The van der Waals surface area contributed by atoms with E-state index in [0.717, 1.165) is 24.0 Å². The standard InChI is InChI=1S/C17H17ClO/c1-11-6-14(9-15(18)7-11)17(19)10-13-8-12-4-2-3-5-16(12)13/h2-7,9,13,17,19H,8,10H2,1H3. The largest absolute Gasteiger partial charge is 0.388 e. The van der Waals surface area contributed by atoms with E-state index in [1.807, 2.05) is 25.1 Å². The quantitative estimate of drug-likeness (QED) is 0.877. The van der Waals surface area contributed by atoms with Crippen molar-refractivity contribution in [1.29, 1.82) is 0 Å². The summed E-state index contributed by atoms with van der Waals surface area (Å²) in [5, 5.41) is 11.1. The topological polar surface area (TPSA) is 20.2 Å². The van der Waals surface area contributed by atoms with Crippen LogP contribution in [0.5, 0.6) is 0 Å². The predicted octanol–water partition coefficient (Wildman–Crippen LogP) is 4.41. The first kappa shape index (κ1) is 12.7. The summed E-state index contributed by atoms with van der Waals surface area (Å²) >= 11 is 6.05. The maximum Gasteiger partial charge on any atom is 0.0796 e. The van der Waals surface area contributed by atoms with Crippen LogP contribution in [0.4, 0.5) is 0 Å². The lowest BCUT2D eigenvalue weighted by atomic mass is 9.74. The van der Waals surface area contributed by atoms with Gasteiger partial charge < -0.3 is 5.11 Å². The molecule has 0 aliphatic heterocycles. The van der Waals surface area contributed by atoms with Gasteiger partial charge in [0.15, 0.2) is 0 Å². The fraction of sp³-hybridized carbons (Fsp3) is 0.294. The number of hydrogen-bond acceptors (Lipinski definition) is 1. The van der Waals surface area contributed by atoms with Gasteiger partial charge in [-0.15, -0.1) is 0 Å². The van der Waals surface area contributed by atoms with Gasteiger partial charge in [-0.2, -0.15) is 0 Å². The van der Waals surface area contributed by atoms with Gasteiger partial charge in [-0.3, -0.25) is 0 Å². The molecule has 1 aliphatic carbocycles. The molecule has 0 saturated carbocycles. The van der Waals surface area contributed by atoms with Crippen LogP contribution in [0.2, 0.25) is 5.02 Å². The molecule has 1 nitrogen and oxygen atoms in total. The molecule has 2 aromatic carbocycles. The van der Waals surface area contributed by atoms with E-state index >= 15 is 0 Å². The molecule has 1 aliphatic rings. The lowest BCUT2D eigenvalue weighted by Crippen LogP contribution is -2.19. The number of aryl methyl sites for hydroxylation is 1. The average Bonchev–Trinajstić information content (AvgIpc) is 2.34. The van der Waals surface area contributed by atoms with E-state index in [1.54, 1.807) is 0 Å². The molecule has 0 heterocycles. The van der Waals surface area contributed by atoms with Gasteiger partial charge in [0.05, 0.1) is 6.10 Å². The smallest absolute Gasteiger partial charge is 0.0796 e. The van der Waals surface area contributed by atoms with Crippen molar-refractivity contribution in [2.45, 2.75) is 31.8 Å². The van der Waals surface area contributed by atoms with Crippen molar-refractivity contribution in [2.75, 3.05) is 0 Å². The van der Waals surface area contributed by atoms with Crippen LogP contribution in [-0.4, -0.2) is 5.11 Å². The Labute approximate surface area is 118 Å². The number of hydrogen-bond donors (Lipinski definition) is 1. The number of benzene rings is 2. The van der Waals surface area contributed by atoms with Crippen LogP contribution in [0, 0.1) is 6.92 Å². The second-order valence-electron chi connectivity index (χ2n) is 5.41. The van der Waals surface area contributed by atoms with Crippen LogP contribution in [0.1, 0.15) is 40.7 Å². The molecule has 2 heteroatoms.